The van der Waals surface area contributed by atoms with E-state index in [1.165, 1.54) is 0 Å². The molecule has 0 fully saturated rings. The molecule has 0 bridgehead atoms. The number of benzene rings is 2. The number of ether oxygens (including phenoxy) is 3. The zero-order valence-corrected chi connectivity index (χ0v) is 25.2. The fraction of sp³-hybridized carbons (Fsp3) is 0.344. The van der Waals surface area contributed by atoms with Crippen LogP contribution < -0.4 is 41.5 Å². The summed E-state index contributed by atoms with van der Waals surface area (Å²) in [6.07, 6.45) is 7.11. The monoisotopic (exact) mass is 586 g/mol. The van der Waals surface area contributed by atoms with E-state index in [0.29, 0.717) is 32.2 Å². The second-order valence-corrected chi connectivity index (χ2v) is 10.8. The fourth-order valence-electron chi connectivity index (χ4n) is 4.67. The molecule has 0 saturated heterocycles. The molecule has 3 heterocycles. The summed E-state index contributed by atoms with van der Waals surface area (Å²) >= 11 is 0. The standard InChI is InChI=1S/C32H42N8O3/c1-39(2)23-7-5-22(6-8-23)36-31(33)28-13-10-25(20-34-28)42-17-15-41-16-18-43-26-11-14-29(35-21-26)32-37-27-12-9-24(40(3)4)19-30(27)38-32/h5-14,19-21,28,31-32,34,36-38H,15-18,33H2,1-4H3. The first-order valence-corrected chi connectivity index (χ1v) is 14.4. The van der Waals surface area contributed by atoms with Crippen molar-refractivity contribution in [3.8, 4) is 5.75 Å². The summed E-state index contributed by atoms with van der Waals surface area (Å²) in [6.45, 7) is 1.76. The first-order valence-electron chi connectivity index (χ1n) is 14.4. The summed E-state index contributed by atoms with van der Waals surface area (Å²) in [5, 5.41) is 13.6. The Hall–Kier alpha value is -4.61. The summed E-state index contributed by atoms with van der Waals surface area (Å²) in [7, 11) is 8.10. The minimum atomic E-state index is -0.293. The van der Waals surface area contributed by atoms with Gasteiger partial charge in [-0.3, -0.25) is 4.98 Å². The van der Waals surface area contributed by atoms with Crippen molar-refractivity contribution in [2.24, 2.45) is 5.73 Å². The number of pyridine rings is 1. The molecular formula is C32H42N8O3. The SMILES string of the molecule is CN(C)c1ccc(NC(N)C2C=CC(OCCOCCOc3ccc(C4Nc5ccc(N(C)C)cc5N4)nc3)=CN2)cc1. The quantitative estimate of drug-likeness (QED) is 0.140. The normalized spacial score (nSPS) is 17.5. The number of anilines is 5. The van der Waals surface area contributed by atoms with Crippen LogP contribution in [-0.2, 0) is 9.47 Å². The predicted octanol–water partition coefficient (Wildman–Crippen LogP) is 3.93. The van der Waals surface area contributed by atoms with E-state index in [0.717, 1.165) is 39.9 Å². The number of nitrogens with two attached hydrogens (primary N) is 1. The topological polar surface area (TPSA) is 121 Å². The third kappa shape index (κ3) is 8.02. The third-order valence-corrected chi connectivity index (χ3v) is 7.16. The highest BCUT2D eigenvalue weighted by Crippen LogP contribution is 2.37. The van der Waals surface area contributed by atoms with Crippen LogP contribution in [0.25, 0.3) is 0 Å². The van der Waals surface area contributed by atoms with Crippen LogP contribution in [0.1, 0.15) is 11.9 Å². The number of fused-ring (bicyclic) bond motifs is 1. The number of allylic oxidation sites excluding steroid dienone is 1. The molecule has 3 atom stereocenters. The van der Waals surface area contributed by atoms with Crippen molar-refractivity contribution < 1.29 is 14.2 Å². The van der Waals surface area contributed by atoms with Gasteiger partial charge in [0.1, 0.15) is 30.9 Å². The molecule has 3 unspecified atom stereocenters. The maximum atomic E-state index is 6.35. The molecular weight excluding hydrogens is 544 g/mol. The van der Waals surface area contributed by atoms with Crippen LogP contribution in [0.5, 0.6) is 5.75 Å². The molecule has 2 aromatic carbocycles. The lowest BCUT2D eigenvalue weighted by Crippen LogP contribution is -2.47. The molecule has 228 valence electrons. The molecule has 3 aromatic rings. The van der Waals surface area contributed by atoms with Gasteiger partial charge in [-0.1, -0.05) is 6.08 Å². The summed E-state index contributed by atoms with van der Waals surface area (Å²) in [5.41, 5.74) is 12.6. The van der Waals surface area contributed by atoms with Gasteiger partial charge in [0, 0.05) is 51.5 Å². The van der Waals surface area contributed by atoms with Crippen LogP contribution in [-0.4, -0.2) is 71.8 Å². The Balaban J connectivity index is 0.939. The van der Waals surface area contributed by atoms with Crippen molar-refractivity contribution in [1.82, 2.24) is 10.3 Å². The van der Waals surface area contributed by atoms with E-state index in [9.17, 15) is 0 Å². The minimum absolute atomic E-state index is 0.0592. The van der Waals surface area contributed by atoms with Crippen molar-refractivity contribution in [2.45, 2.75) is 18.4 Å². The number of rotatable bonds is 14. The number of nitrogens with zero attached hydrogens (tertiary/aromatic N) is 3. The molecule has 6 N–H and O–H groups in total. The van der Waals surface area contributed by atoms with Crippen LogP contribution in [0.4, 0.5) is 28.4 Å². The summed E-state index contributed by atoms with van der Waals surface area (Å²) in [4.78, 5) is 8.71. The van der Waals surface area contributed by atoms with Crippen molar-refractivity contribution in [3.63, 3.8) is 0 Å². The van der Waals surface area contributed by atoms with Crippen LogP contribution in [0.3, 0.4) is 0 Å². The van der Waals surface area contributed by atoms with Crippen molar-refractivity contribution in [2.75, 3.05) is 80.4 Å². The Kier molecular flexibility index (Phi) is 9.75. The van der Waals surface area contributed by atoms with E-state index >= 15 is 0 Å². The summed E-state index contributed by atoms with van der Waals surface area (Å²) in [6, 6.07) is 18.3. The molecule has 11 heteroatoms. The van der Waals surface area contributed by atoms with Crippen LogP contribution in [0.15, 0.2) is 84.9 Å². The van der Waals surface area contributed by atoms with Crippen molar-refractivity contribution >= 4 is 28.4 Å². The van der Waals surface area contributed by atoms with E-state index in [2.05, 4.69) is 66.4 Å². The Morgan fingerprint density at radius 1 is 0.860 bits per heavy atom. The third-order valence-electron chi connectivity index (χ3n) is 7.16. The first-order chi connectivity index (χ1) is 20.9. The second-order valence-electron chi connectivity index (χ2n) is 10.8. The second kappa shape index (κ2) is 14.0. The highest BCUT2D eigenvalue weighted by atomic mass is 16.5. The largest absolute Gasteiger partial charge is 0.490 e. The fourth-order valence-corrected chi connectivity index (χ4v) is 4.67. The van der Waals surface area contributed by atoms with Crippen LogP contribution in [0.2, 0.25) is 0 Å². The molecule has 0 radical (unpaired) electrons. The van der Waals surface area contributed by atoms with E-state index in [1.807, 2.05) is 70.8 Å². The van der Waals surface area contributed by atoms with Gasteiger partial charge in [-0.25, -0.2) is 0 Å². The Morgan fingerprint density at radius 3 is 2.26 bits per heavy atom. The van der Waals surface area contributed by atoms with E-state index < -0.39 is 0 Å². The van der Waals surface area contributed by atoms with Gasteiger partial charge in [-0.15, -0.1) is 0 Å². The van der Waals surface area contributed by atoms with Crippen molar-refractivity contribution in [1.29, 1.82) is 0 Å². The number of hydrogen-bond donors (Lipinski definition) is 5. The molecule has 5 rings (SSSR count). The Bertz CT molecular complexity index is 1390. The Labute approximate surface area is 253 Å². The van der Waals surface area contributed by atoms with Gasteiger partial charge in [-0.05, 0) is 60.7 Å². The summed E-state index contributed by atoms with van der Waals surface area (Å²) < 4.78 is 17.2. The van der Waals surface area contributed by atoms with Crippen LogP contribution in [0, 0.1) is 0 Å². The smallest absolute Gasteiger partial charge is 0.141 e. The number of hydrogen-bond acceptors (Lipinski definition) is 11. The van der Waals surface area contributed by atoms with Gasteiger partial charge in [0.05, 0.1) is 48.7 Å². The molecule has 0 saturated carbocycles. The van der Waals surface area contributed by atoms with Crippen molar-refractivity contribution in [3.05, 3.63) is 90.6 Å². The molecule has 0 amide bonds. The maximum Gasteiger partial charge on any atom is 0.141 e. The van der Waals surface area contributed by atoms with E-state index in [-0.39, 0.29) is 18.4 Å². The molecule has 1 aromatic heterocycles. The number of nitrogens with one attached hydrogen (secondary N) is 4. The van der Waals surface area contributed by atoms with Gasteiger partial charge in [0.25, 0.3) is 0 Å². The molecule has 0 spiro atoms. The highest BCUT2D eigenvalue weighted by molar-refractivity contribution is 5.78. The van der Waals surface area contributed by atoms with E-state index in [1.54, 1.807) is 6.20 Å². The lowest BCUT2D eigenvalue weighted by atomic mass is 10.1. The zero-order chi connectivity index (χ0) is 30.2. The first kappa shape index (κ1) is 29.9. The van der Waals surface area contributed by atoms with Gasteiger partial charge < -0.3 is 51.0 Å². The number of dihydropyridines is 1. The lowest BCUT2D eigenvalue weighted by molar-refractivity contribution is 0.0601. The van der Waals surface area contributed by atoms with Gasteiger partial charge in [0.15, 0.2) is 0 Å². The average molecular weight is 587 g/mol. The maximum absolute atomic E-state index is 6.35. The molecule has 2 aliphatic heterocycles. The van der Waals surface area contributed by atoms with Gasteiger partial charge >= 0.3 is 0 Å². The van der Waals surface area contributed by atoms with Crippen LogP contribution >= 0.6 is 0 Å². The van der Waals surface area contributed by atoms with E-state index in [4.69, 9.17) is 19.9 Å². The molecule has 11 nitrogen and oxygen atoms in total. The van der Waals surface area contributed by atoms with Gasteiger partial charge in [0.2, 0.25) is 0 Å². The number of aromatic nitrogens is 1. The van der Waals surface area contributed by atoms with Gasteiger partial charge in [-0.2, -0.15) is 0 Å². The molecule has 2 aliphatic rings. The highest BCUT2D eigenvalue weighted by Gasteiger charge is 2.22. The minimum Gasteiger partial charge on any atom is -0.490 e. The average Bonchev–Trinajstić information content (AvgIpc) is 3.45. The Morgan fingerprint density at radius 2 is 1.58 bits per heavy atom. The molecule has 43 heavy (non-hydrogen) atoms. The predicted molar refractivity (Wildman–Crippen MR) is 174 cm³/mol. The zero-order valence-electron chi connectivity index (χ0n) is 25.2. The molecule has 0 aliphatic carbocycles. The summed E-state index contributed by atoms with van der Waals surface area (Å²) in [5.74, 6) is 1.43. The lowest BCUT2D eigenvalue weighted by Gasteiger charge is -2.26.